The van der Waals surface area contributed by atoms with E-state index in [1.807, 2.05) is 23.5 Å². The van der Waals surface area contributed by atoms with Gasteiger partial charge in [0.2, 0.25) is 0 Å². The van der Waals surface area contributed by atoms with Gasteiger partial charge in [0.1, 0.15) is 11.8 Å². The number of thiophene rings is 1. The van der Waals surface area contributed by atoms with Gasteiger partial charge in [0.15, 0.2) is 0 Å². The highest BCUT2D eigenvalue weighted by molar-refractivity contribution is 7.10. The van der Waals surface area contributed by atoms with Crippen molar-refractivity contribution in [3.63, 3.8) is 0 Å². The first kappa shape index (κ1) is 12.3. The van der Waals surface area contributed by atoms with Crippen LogP contribution in [0.4, 0.5) is 0 Å². The van der Waals surface area contributed by atoms with Crippen molar-refractivity contribution in [3.8, 4) is 6.07 Å². The fourth-order valence-corrected chi connectivity index (χ4v) is 3.60. The van der Waals surface area contributed by atoms with Crippen LogP contribution in [0.15, 0.2) is 29.8 Å². The summed E-state index contributed by atoms with van der Waals surface area (Å²) in [6.45, 7) is 0.705. The van der Waals surface area contributed by atoms with Crippen LogP contribution in [0.5, 0.6) is 0 Å². The van der Waals surface area contributed by atoms with E-state index in [2.05, 4.69) is 27.8 Å². The highest BCUT2D eigenvalue weighted by Crippen LogP contribution is 2.33. The molecular formula is C15H15N3S. The van der Waals surface area contributed by atoms with Gasteiger partial charge in [-0.3, -0.25) is 0 Å². The predicted molar refractivity (Wildman–Crippen MR) is 75.8 cm³/mol. The van der Waals surface area contributed by atoms with E-state index in [0.717, 1.165) is 5.56 Å². The fourth-order valence-electron chi connectivity index (χ4n) is 2.61. The van der Waals surface area contributed by atoms with Crippen molar-refractivity contribution in [2.24, 2.45) is 0 Å². The molecule has 96 valence electrons. The Balaban J connectivity index is 1.73. The lowest BCUT2D eigenvalue weighted by atomic mass is 9.94. The molecule has 1 atom stereocenters. The van der Waals surface area contributed by atoms with Gasteiger partial charge in [-0.25, -0.2) is 4.98 Å². The van der Waals surface area contributed by atoms with E-state index in [-0.39, 0.29) is 0 Å². The second-order valence-corrected chi connectivity index (χ2v) is 5.75. The number of pyridine rings is 1. The molecule has 1 aliphatic rings. The van der Waals surface area contributed by atoms with Gasteiger partial charge in [0.25, 0.3) is 0 Å². The van der Waals surface area contributed by atoms with E-state index in [1.54, 1.807) is 6.20 Å². The summed E-state index contributed by atoms with van der Waals surface area (Å²) >= 11 is 1.85. The smallest absolute Gasteiger partial charge is 0.144 e. The molecule has 0 bridgehead atoms. The Labute approximate surface area is 116 Å². The van der Waals surface area contributed by atoms with Gasteiger partial charge in [0.05, 0.1) is 0 Å². The minimum Gasteiger partial charge on any atom is -0.306 e. The quantitative estimate of drug-likeness (QED) is 0.931. The Morgan fingerprint density at radius 3 is 3.32 bits per heavy atom. The zero-order valence-electron chi connectivity index (χ0n) is 10.6. The minimum atomic E-state index is 0.418. The van der Waals surface area contributed by atoms with Gasteiger partial charge in [-0.15, -0.1) is 11.3 Å². The SMILES string of the molecule is N#Cc1ncccc1CNC1CCCc2sccc21. The Morgan fingerprint density at radius 2 is 2.42 bits per heavy atom. The van der Waals surface area contributed by atoms with Crippen LogP contribution < -0.4 is 5.32 Å². The summed E-state index contributed by atoms with van der Waals surface area (Å²) in [6.07, 6.45) is 5.29. The number of rotatable bonds is 3. The summed E-state index contributed by atoms with van der Waals surface area (Å²) in [6, 6.07) is 8.65. The second-order valence-electron chi connectivity index (χ2n) is 4.75. The highest BCUT2D eigenvalue weighted by Gasteiger charge is 2.20. The first-order chi connectivity index (χ1) is 9.38. The lowest BCUT2D eigenvalue weighted by Crippen LogP contribution is -2.24. The number of aromatic nitrogens is 1. The molecule has 0 saturated heterocycles. The Bertz CT molecular complexity index is 612. The maximum Gasteiger partial charge on any atom is 0.144 e. The predicted octanol–water partition coefficient (Wildman–Crippen LogP) is 3.18. The lowest BCUT2D eigenvalue weighted by Gasteiger charge is -2.24. The van der Waals surface area contributed by atoms with E-state index < -0.39 is 0 Å². The third kappa shape index (κ3) is 2.53. The van der Waals surface area contributed by atoms with Gasteiger partial charge < -0.3 is 5.32 Å². The van der Waals surface area contributed by atoms with Gasteiger partial charge in [-0.1, -0.05) is 6.07 Å². The number of aryl methyl sites for hydroxylation is 1. The molecule has 0 fully saturated rings. The van der Waals surface area contributed by atoms with E-state index in [9.17, 15) is 0 Å². The lowest BCUT2D eigenvalue weighted by molar-refractivity contribution is 0.462. The number of hydrogen-bond donors (Lipinski definition) is 1. The molecule has 1 unspecified atom stereocenters. The maximum atomic E-state index is 9.04. The monoisotopic (exact) mass is 269 g/mol. The van der Waals surface area contributed by atoms with E-state index >= 15 is 0 Å². The Kier molecular flexibility index (Phi) is 3.58. The van der Waals surface area contributed by atoms with Crippen LogP contribution in [0.1, 0.15) is 40.6 Å². The van der Waals surface area contributed by atoms with Gasteiger partial charge in [0, 0.05) is 29.2 Å². The zero-order valence-corrected chi connectivity index (χ0v) is 11.4. The van der Waals surface area contributed by atoms with Crippen LogP contribution in [0.25, 0.3) is 0 Å². The summed E-state index contributed by atoms with van der Waals surface area (Å²) in [5.41, 5.74) is 2.95. The van der Waals surface area contributed by atoms with Crippen LogP contribution >= 0.6 is 11.3 Å². The molecule has 0 saturated carbocycles. The van der Waals surface area contributed by atoms with Crippen molar-refractivity contribution in [1.82, 2.24) is 10.3 Å². The Morgan fingerprint density at radius 1 is 1.47 bits per heavy atom. The first-order valence-electron chi connectivity index (χ1n) is 6.52. The van der Waals surface area contributed by atoms with E-state index in [1.165, 1.54) is 29.7 Å². The average molecular weight is 269 g/mol. The van der Waals surface area contributed by atoms with Crippen LogP contribution in [-0.2, 0) is 13.0 Å². The second kappa shape index (κ2) is 5.52. The summed E-state index contributed by atoms with van der Waals surface area (Å²) in [5.74, 6) is 0. The largest absolute Gasteiger partial charge is 0.306 e. The number of hydrogen-bond acceptors (Lipinski definition) is 4. The topological polar surface area (TPSA) is 48.7 Å². The maximum absolute atomic E-state index is 9.04. The number of nitrogens with zero attached hydrogens (tertiary/aromatic N) is 2. The van der Waals surface area contributed by atoms with Gasteiger partial charge in [-0.05, 0) is 42.3 Å². The van der Waals surface area contributed by atoms with E-state index in [0.29, 0.717) is 18.3 Å². The molecule has 2 heterocycles. The molecule has 0 aliphatic heterocycles. The van der Waals surface area contributed by atoms with Crippen molar-refractivity contribution >= 4 is 11.3 Å². The number of nitriles is 1. The molecule has 2 aromatic rings. The molecule has 2 aromatic heterocycles. The molecule has 0 amide bonds. The molecule has 1 N–H and O–H groups in total. The zero-order chi connectivity index (χ0) is 13.1. The molecule has 1 aliphatic carbocycles. The summed E-state index contributed by atoms with van der Waals surface area (Å²) in [4.78, 5) is 5.61. The molecule has 0 radical (unpaired) electrons. The first-order valence-corrected chi connectivity index (χ1v) is 7.40. The van der Waals surface area contributed by atoms with Crippen LogP contribution in [0.2, 0.25) is 0 Å². The summed E-state index contributed by atoms with van der Waals surface area (Å²) in [5, 5.41) is 14.8. The van der Waals surface area contributed by atoms with Crippen LogP contribution in [0, 0.1) is 11.3 Å². The number of nitrogens with one attached hydrogen (secondary N) is 1. The molecular weight excluding hydrogens is 254 g/mol. The third-order valence-corrected chi connectivity index (χ3v) is 4.58. The molecule has 0 spiro atoms. The van der Waals surface area contributed by atoms with Gasteiger partial charge >= 0.3 is 0 Å². The Hall–Kier alpha value is -1.70. The van der Waals surface area contributed by atoms with Crippen molar-refractivity contribution in [1.29, 1.82) is 5.26 Å². The fraction of sp³-hybridized carbons (Fsp3) is 0.333. The highest BCUT2D eigenvalue weighted by atomic mass is 32.1. The molecule has 0 aromatic carbocycles. The van der Waals surface area contributed by atoms with Crippen molar-refractivity contribution in [3.05, 3.63) is 51.5 Å². The third-order valence-electron chi connectivity index (χ3n) is 3.59. The van der Waals surface area contributed by atoms with Gasteiger partial charge in [-0.2, -0.15) is 5.26 Å². The van der Waals surface area contributed by atoms with Crippen LogP contribution in [-0.4, -0.2) is 4.98 Å². The standard InChI is InChI=1S/C15H15N3S/c16-9-14-11(3-2-7-17-14)10-18-13-4-1-5-15-12(13)6-8-19-15/h2-3,6-8,13,18H,1,4-5,10H2. The molecule has 3 nitrogen and oxygen atoms in total. The van der Waals surface area contributed by atoms with Crippen molar-refractivity contribution < 1.29 is 0 Å². The number of fused-ring (bicyclic) bond motifs is 1. The molecule has 3 rings (SSSR count). The summed E-state index contributed by atoms with van der Waals surface area (Å²) in [7, 11) is 0. The van der Waals surface area contributed by atoms with Crippen molar-refractivity contribution in [2.75, 3.05) is 0 Å². The molecule has 4 heteroatoms. The molecule has 19 heavy (non-hydrogen) atoms. The summed E-state index contributed by atoms with van der Waals surface area (Å²) < 4.78 is 0. The normalized spacial score (nSPS) is 17.7. The van der Waals surface area contributed by atoms with Crippen molar-refractivity contribution in [2.45, 2.75) is 31.8 Å². The average Bonchev–Trinajstić information content (AvgIpc) is 2.94. The van der Waals surface area contributed by atoms with Crippen LogP contribution in [0.3, 0.4) is 0 Å². The van der Waals surface area contributed by atoms with E-state index in [4.69, 9.17) is 5.26 Å². The minimum absolute atomic E-state index is 0.418.